The minimum Gasteiger partial charge on any atom is -0.361 e. The normalized spacial score (nSPS) is 10.9. The SMILES string of the molecule is Cc1noc(C)c1CC(=O)NCC(F)(F)CN.Cl. The fourth-order valence-electron chi connectivity index (χ4n) is 1.28. The Balaban J connectivity index is 0.00000289. The number of halogens is 3. The molecular formula is C10H16ClF2N3O2. The Morgan fingerprint density at radius 2 is 2.11 bits per heavy atom. The predicted octanol–water partition coefficient (Wildman–Crippen LogP) is 0.966. The molecule has 0 unspecified atom stereocenters. The summed E-state index contributed by atoms with van der Waals surface area (Å²) in [7, 11) is 0. The number of carbonyl (C=O) groups excluding carboxylic acids is 1. The van der Waals surface area contributed by atoms with Crippen LogP contribution in [0.3, 0.4) is 0 Å². The first-order valence-corrected chi connectivity index (χ1v) is 5.12. The molecule has 1 heterocycles. The standard InChI is InChI=1S/C10H15F2N3O2.ClH/c1-6-8(7(2)17-15-6)3-9(16)14-5-10(11,12)4-13;/h3-5,13H2,1-2H3,(H,14,16);1H. The molecule has 0 saturated heterocycles. The zero-order valence-corrected chi connectivity index (χ0v) is 10.9. The van der Waals surface area contributed by atoms with Crippen LogP contribution in [0.5, 0.6) is 0 Å². The van der Waals surface area contributed by atoms with Crippen molar-refractivity contribution in [3.63, 3.8) is 0 Å². The highest BCUT2D eigenvalue weighted by molar-refractivity contribution is 5.85. The molecule has 8 heteroatoms. The van der Waals surface area contributed by atoms with Crippen LogP contribution in [0.1, 0.15) is 17.0 Å². The summed E-state index contributed by atoms with van der Waals surface area (Å²) in [5, 5.41) is 5.80. The number of alkyl halides is 2. The average Bonchev–Trinajstić information content (AvgIpc) is 2.58. The van der Waals surface area contributed by atoms with E-state index in [0.717, 1.165) is 0 Å². The van der Waals surface area contributed by atoms with E-state index in [0.29, 0.717) is 17.0 Å². The molecule has 0 radical (unpaired) electrons. The molecule has 0 aliphatic heterocycles. The molecular weight excluding hydrogens is 268 g/mol. The molecule has 104 valence electrons. The van der Waals surface area contributed by atoms with Gasteiger partial charge in [0.05, 0.1) is 25.2 Å². The number of hydrogen-bond acceptors (Lipinski definition) is 4. The highest BCUT2D eigenvalue weighted by atomic mass is 35.5. The Kier molecular flexibility index (Phi) is 6.20. The van der Waals surface area contributed by atoms with Gasteiger partial charge in [0.25, 0.3) is 5.92 Å². The molecule has 0 spiro atoms. The molecule has 1 rings (SSSR count). The van der Waals surface area contributed by atoms with E-state index in [1.807, 2.05) is 0 Å². The molecule has 5 nitrogen and oxygen atoms in total. The van der Waals surface area contributed by atoms with Gasteiger partial charge in [0.15, 0.2) is 0 Å². The van der Waals surface area contributed by atoms with Gasteiger partial charge < -0.3 is 15.6 Å². The summed E-state index contributed by atoms with van der Waals surface area (Å²) in [5.74, 6) is -3.07. The molecule has 18 heavy (non-hydrogen) atoms. The quantitative estimate of drug-likeness (QED) is 0.843. The fourth-order valence-corrected chi connectivity index (χ4v) is 1.28. The van der Waals surface area contributed by atoms with Crippen molar-refractivity contribution in [2.75, 3.05) is 13.1 Å². The number of hydrogen-bond donors (Lipinski definition) is 2. The average molecular weight is 284 g/mol. The number of aryl methyl sites for hydroxylation is 2. The largest absolute Gasteiger partial charge is 0.361 e. The van der Waals surface area contributed by atoms with E-state index in [1.54, 1.807) is 13.8 Å². The van der Waals surface area contributed by atoms with Crippen molar-refractivity contribution >= 4 is 18.3 Å². The number of nitrogens with one attached hydrogen (secondary N) is 1. The lowest BCUT2D eigenvalue weighted by Crippen LogP contribution is -2.42. The van der Waals surface area contributed by atoms with Gasteiger partial charge in [0.1, 0.15) is 5.76 Å². The summed E-state index contributed by atoms with van der Waals surface area (Å²) in [6.45, 7) is 1.80. The zero-order chi connectivity index (χ0) is 13.1. The monoisotopic (exact) mass is 283 g/mol. The van der Waals surface area contributed by atoms with Gasteiger partial charge in [-0.25, -0.2) is 8.78 Å². The van der Waals surface area contributed by atoms with Crippen molar-refractivity contribution in [2.45, 2.75) is 26.2 Å². The Morgan fingerprint density at radius 1 is 1.50 bits per heavy atom. The number of aromatic nitrogens is 1. The molecule has 3 N–H and O–H groups in total. The lowest BCUT2D eigenvalue weighted by atomic mass is 10.1. The van der Waals surface area contributed by atoms with Crippen LogP contribution in [0.15, 0.2) is 4.52 Å². The minimum atomic E-state index is -3.08. The Morgan fingerprint density at radius 3 is 2.56 bits per heavy atom. The van der Waals surface area contributed by atoms with Gasteiger partial charge in [-0.3, -0.25) is 4.79 Å². The van der Waals surface area contributed by atoms with Crippen LogP contribution in [0, 0.1) is 13.8 Å². The zero-order valence-electron chi connectivity index (χ0n) is 10.1. The second-order valence-corrected chi connectivity index (χ2v) is 3.82. The summed E-state index contributed by atoms with van der Waals surface area (Å²) >= 11 is 0. The van der Waals surface area contributed by atoms with E-state index in [1.165, 1.54) is 0 Å². The Labute approximate surface area is 109 Å². The number of nitrogens with zero attached hydrogens (tertiary/aromatic N) is 1. The molecule has 0 aliphatic rings. The van der Waals surface area contributed by atoms with E-state index in [9.17, 15) is 13.6 Å². The highest BCUT2D eigenvalue weighted by Crippen LogP contribution is 2.13. The van der Waals surface area contributed by atoms with E-state index in [4.69, 9.17) is 10.3 Å². The number of nitrogens with two attached hydrogens (primary N) is 1. The first-order chi connectivity index (χ1) is 7.85. The van der Waals surface area contributed by atoms with Crippen molar-refractivity contribution in [1.29, 1.82) is 0 Å². The van der Waals surface area contributed by atoms with Gasteiger partial charge in [-0.15, -0.1) is 12.4 Å². The summed E-state index contributed by atoms with van der Waals surface area (Å²) < 4.78 is 30.4. The van der Waals surface area contributed by atoms with Crippen LogP contribution in [-0.4, -0.2) is 30.1 Å². The van der Waals surface area contributed by atoms with Crippen molar-refractivity contribution in [2.24, 2.45) is 5.73 Å². The predicted molar refractivity (Wildman–Crippen MR) is 63.9 cm³/mol. The molecule has 0 fully saturated rings. The van der Waals surface area contributed by atoms with Gasteiger partial charge in [-0.2, -0.15) is 0 Å². The lowest BCUT2D eigenvalue weighted by molar-refractivity contribution is -0.122. The smallest absolute Gasteiger partial charge is 0.277 e. The van der Waals surface area contributed by atoms with E-state index in [-0.39, 0.29) is 18.8 Å². The van der Waals surface area contributed by atoms with Crippen LogP contribution in [0.25, 0.3) is 0 Å². The summed E-state index contributed by atoms with van der Waals surface area (Å²) in [6.07, 6.45) is -0.0260. The Hall–Kier alpha value is -1.21. The highest BCUT2D eigenvalue weighted by Gasteiger charge is 2.27. The molecule has 0 aromatic carbocycles. The minimum absolute atomic E-state index is 0. The van der Waals surface area contributed by atoms with Crippen LogP contribution >= 0.6 is 12.4 Å². The maximum atomic E-state index is 12.8. The maximum absolute atomic E-state index is 12.8. The maximum Gasteiger partial charge on any atom is 0.277 e. The second-order valence-electron chi connectivity index (χ2n) is 3.82. The van der Waals surface area contributed by atoms with Gasteiger partial charge in [0, 0.05) is 5.56 Å². The van der Waals surface area contributed by atoms with Gasteiger partial charge >= 0.3 is 0 Å². The molecule has 0 atom stereocenters. The van der Waals surface area contributed by atoms with Crippen LogP contribution in [0.4, 0.5) is 8.78 Å². The van der Waals surface area contributed by atoms with E-state index in [2.05, 4.69) is 10.5 Å². The van der Waals surface area contributed by atoms with Crippen molar-refractivity contribution in [3.05, 3.63) is 17.0 Å². The van der Waals surface area contributed by atoms with Gasteiger partial charge in [-0.1, -0.05) is 5.16 Å². The Bertz CT molecular complexity index is 390. The number of carbonyl (C=O) groups is 1. The summed E-state index contributed by atoms with van der Waals surface area (Å²) in [5.41, 5.74) is 6.06. The number of amides is 1. The second kappa shape index (κ2) is 6.65. The number of rotatable bonds is 5. The van der Waals surface area contributed by atoms with E-state index >= 15 is 0 Å². The summed E-state index contributed by atoms with van der Waals surface area (Å²) in [4.78, 5) is 11.4. The molecule has 1 amide bonds. The molecule has 1 aromatic heterocycles. The van der Waals surface area contributed by atoms with Crippen LogP contribution < -0.4 is 11.1 Å². The van der Waals surface area contributed by atoms with Crippen LogP contribution in [-0.2, 0) is 11.2 Å². The van der Waals surface area contributed by atoms with Crippen molar-refractivity contribution < 1.29 is 18.1 Å². The van der Waals surface area contributed by atoms with Gasteiger partial charge in [0.2, 0.25) is 5.91 Å². The third kappa shape index (κ3) is 4.58. The third-order valence-corrected chi connectivity index (χ3v) is 2.36. The molecule has 1 aromatic rings. The first kappa shape index (κ1) is 16.8. The topological polar surface area (TPSA) is 81.2 Å². The van der Waals surface area contributed by atoms with Crippen molar-refractivity contribution in [3.8, 4) is 0 Å². The lowest BCUT2D eigenvalue weighted by Gasteiger charge is -2.14. The third-order valence-electron chi connectivity index (χ3n) is 2.36. The van der Waals surface area contributed by atoms with Crippen molar-refractivity contribution in [1.82, 2.24) is 10.5 Å². The van der Waals surface area contributed by atoms with E-state index < -0.39 is 24.9 Å². The molecule has 0 bridgehead atoms. The summed E-state index contributed by atoms with van der Waals surface area (Å²) in [6, 6.07) is 0. The fraction of sp³-hybridized carbons (Fsp3) is 0.600. The first-order valence-electron chi connectivity index (χ1n) is 5.12. The molecule has 0 saturated carbocycles. The van der Waals surface area contributed by atoms with Crippen LogP contribution in [0.2, 0.25) is 0 Å². The van der Waals surface area contributed by atoms with Gasteiger partial charge in [-0.05, 0) is 13.8 Å². The molecule has 0 aliphatic carbocycles.